The molecule has 0 aliphatic rings. The van der Waals surface area contributed by atoms with Gasteiger partial charge in [-0.05, 0) is 53.4 Å². The summed E-state index contributed by atoms with van der Waals surface area (Å²) in [5.41, 5.74) is 2.00. The molecule has 7 nitrogen and oxygen atoms in total. The number of aryl methyl sites for hydroxylation is 1. The highest BCUT2D eigenvalue weighted by molar-refractivity contribution is 6.30. The van der Waals surface area contributed by atoms with E-state index in [1.807, 2.05) is 24.3 Å². The summed E-state index contributed by atoms with van der Waals surface area (Å²) in [5.74, 6) is 0.321. The number of para-hydroxylation sites is 1. The maximum atomic E-state index is 12.1. The third-order valence-corrected chi connectivity index (χ3v) is 4.67. The molecular formula is C20H19ClN6O. The number of tetrazole rings is 1. The van der Waals surface area contributed by atoms with Crippen LogP contribution in [0.2, 0.25) is 5.02 Å². The predicted molar refractivity (Wildman–Crippen MR) is 108 cm³/mol. The lowest BCUT2D eigenvalue weighted by atomic mass is 10.2. The Morgan fingerprint density at radius 2 is 1.89 bits per heavy atom. The average Bonchev–Trinajstić information content (AvgIpc) is 3.33. The van der Waals surface area contributed by atoms with Crippen molar-refractivity contribution in [3.63, 3.8) is 0 Å². The molecule has 0 aliphatic carbocycles. The minimum Gasteiger partial charge on any atom is -0.354 e. The Morgan fingerprint density at radius 1 is 1.07 bits per heavy atom. The van der Waals surface area contributed by atoms with Gasteiger partial charge >= 0.3 is 0 Å². The Balaban J connectivity index is 1.25. The van der Waals surface area contributed by atoms with Crippen molar-refractivity contribution in [1.82, 2.24) is 30.1 Å². The number of rotatable bonds is 7. The van der Waals surface area contributed by atoms with Crippen LogP contribution < -0.4 is 5.32 Å². The lowest BCUT2D eigenvalue weighted by Crippen LogP contribution is -2.29. The standard InChI is InChI=1S/C20H19ClN6O/c21-17-8-6-16(7-9-17)20-23-25-27(24-20)14-19(28)22-11-3-12-26-13-10-15-4-1-2-5-18(15)26/h1-2,4-10,13H,3,11-12,14H2,(H,22,28). The minimum absolute atomic E-state index is 0.0348. The van der Waals surface area contributed by atoms with Gasteiger partial charge in [-0.1, -0.05) is 29.8 Å². The SMILES string of the molecule is O=C(Cn1nnc(-c2ccc(Cl)cc2)n1)NCCCn1ccc2ccccc21. The van der Waals surface area contributed by atoms with E-state index in [1.165, 1.54) is 15.7 Å². The van der Waals surface area contributed by atoms with E-state index in [-0.39, 0.29) is 12.5 Å². The van der Waals surface area contributed by atoms with Crippen molar-refractivity contribution >= 4 is 28.4 Å². The number of amides is 1. The number of fused-ring (bicyclic) bond motifs is 1. The van der Waals surface area contributed by atoms with Crippen molar-refractivity contribution < 1.29 is 4.79 Å². The second-order valence-corrected chi connectivity index (χ2v) is 6.86. The number of carbonyl (C=O) groups excluding carboxylic acids is 1. The van der Waals surface area contributed by atoms with Crippen LogP contribution in [0.4, 0.5) is 0 Å². The van der Waals surface area contributed by atoms with E-state index in [4.69, 9.17) is 11.6 Å². The summed E-state index contributed by atoms with van der Waals surface area (Å²) >= 11 is 5.88. The molecule has 8 heteroatoms. The smallest absolute Gasteiger partial charge is 0.243 e. The molecule has 0 saturated heterocycles. The lowest BCUT2D eigenvalue weighted by Gasteiger charge is -2.07. The topological polar surface area (TPSA) is 77.6 Å². The molecule has 28 heavy (non-hydrogen) atoms. The van der Waals surface area contributed by atoms with Gasteiger partial charge in [0.05, 0.1) is 0 Å². The van der Waals surface area contributed by atoms with Crippen molar-refractivity contribution in [2.75, 3.05) is 6.54 Å². The molecule has 2 aromatic heterocycles. The summed E-state index contributed by atoms with van der Waals surface area (Å²) in [6.45, 7) is 1.47. The zero-order valence-electron chi connectivity index (χ0n) is 15.1. The van der Waals surface area contributed by atoms with Crippen molar-refractivity contribution in [1.29, 1.82) is 0 Å². The molecule has 0 aliphatic heterocycles. The number of carbonyl (C=O) groups is 1. The highest BCUT2D eigenvalue weighted by atomic mass is 35.5. The first-order chi connectivity index (χ1) is 13.7. The number of benzene rings is 2. The van der Waals surface area contributed by atoms with E-state index < -0.39 is 0 Å². The Hall–Kier alpha value is -3.19. The third kappa shape index (κ3) is 4.20. The van der Waals surface area contributed by atoms with E-state index in [0.717, 1.165) is 18.5 Å². The molecule has 0 saturated carbocycles. The summed E-state index contributed by atoms with van der Waals surface area (Å²) in [7, 11) is 0. The molecule has 2 aromatic carbocycles. The number of aromatic nitrogens is 5. The van der Waals surface area contributed by atoms with E-state index >= 15 is 0 Å². The number of nitrogens with zero attached hydrogens (tertiary/aromatic N) is 5. The Labute approximate surface area is 166 Å². The first kappa shape index (κ1) is 18.2. The third-order valence-electron chi connectivity index (χ3n) is 4.42. The molecule has 0 bridgehead atoms. The van der Waals surface area contributed by atoms with Gasteiger partial charge in [-0.3, -0.25) is 4.79 Å². The van der Waals surface area contributed by atoms with Gasteiger partial charge in [0, 0.05) is 35.4 Å². The summed E-state index contributed by atoms with van der Waals surface area (Å²) in [4.78, 5) is 13.4. The molecule has 0 radical (unpaired) electrons. The first-order valence-electron chi connectivity index (χ1n) is 9.03. The van der Waals surface area contributed by atoms with Crippen molar-refractivity contribution in [2.45, 2.75) is 19.5 Å². The predicted octanol–water partition coefficient (Wildman–Crippen LogP) is 3.15. The van der Waals surface area contributed by atoms with Crippen molar-refractivity contribution in [3.05, 3.63) is 65.8 Å². The summed E-state index contributed by atoms with van der Waals surface area (Å²) < 4.78 is 2.19. The van der Waals surface area contributed by atoms with Gasteiger partial charge < -0.3 is 9.88 Å². The van der Waals surface area contributed by atoms with Crippen molar-refractivity contribution in [3.8, 4) is 11.4 Å². The second-order valence-electron chi connectivity index (χ2n) is 6.42. The van der Waals surface area contributed by atoms with Crippen LogP contribution in [0.25, 0.3) is 22.3 Å². The van der Waals surface area contributed by atoms with Crippen LogP contribution in [0, 0.1) is 0 Å². The van der Waals surface area contributed by atoms with Gasteiger partial charge in [-0.15, -0.1) is 10.2 Å². The molecule has 1 amide bonds. The van der Waals surface area contributed by atoms with Crippen LogP contribution in [0.15, 0.2) is 60.8 Å². The van der Waals surface area contributed by atoms with Gasteiger partial charge in [-0.25, -0.2) is 0 Å². The molecule has 0 spiro atoms. The maximum Gasteiger partial charge on any atom is 0.243 e. The fraction of sp³-hybridized carbons (Fsp3) is 0.200. The van der Waals surface area contributed by atoms with Crippen LogP contribution in [0.1, 0.15) is 6.42 Å². The van der Waals surface area contributed by atoms with Gasteiger partial charge in [0.25, 0.3) is 0 Å². The average molecular weight is 395 g/mol. The zero-order valence-corrected chi connectivity index (χ0v) is 15.9. The molecule has 4 rings (SSSR count). The van der Waals surface area contributed by atoms with E-state index in [9.17, 15) is 4.79 Å². The maximum absolute atomic E-state index is 12.1. The van der Waals surface area contributed by atoms with Crippen LogP contribution in [0.5, 0.6) is 0 Å². The van der Waals surface area contributed by atoms with Crippen LogP contribution >= 0.6 is 11.6 Å². The quantitative estimate of drug-likeness (QED) is 0.488. The monoisotopic (exact) mass is 394 g/mol. The molecular weight excluding hydrogens is 376 g/mol. The normalized spacial score (nSPS) is 11.0. The Kier molecular flexibility index (Phi) is 5.34. The molecule has 0 fully saturated rings. The molecule has 2 heterocycles. The van der Waals surface area contributed by atoms with E-state index in [0.29, 0.717) is 17.4 Å². The van der Waals surface area contributed by atoms with Crippen molar-refractivity contribution in [2.24, 2.45) is 0 Å². The van der Waals surface area contributed by atoms with Crippen LogP contribution in [-0.2, 0) is 17.9 Å². The highest BCUT2D eigenvalue weighted by Crippen LogP contribution is 2.17. The Morgan fingerprint density at radius 3 is 2.75 bits per heavy atom. The molecule has 4 aromatic rings. The summed E-state index contributed by atoms with van der Waals surface area (Å²) in [5, 5.41) is 16.9. The number of hydrogen-bond acceptors (Lipinski definition) is 4. The lowest BCUT2D eigenvalue weighted by molar-refractivity contribution is -0.122. The first-order valence-corrected chi connectivity index (χ1v) is 9.41. The molecule has 0 unspecified atom stereocenters. The van der Waals surface area contributed by atoms with Gasteiger partial charge in [0.2, 0.25) is 11.7 Å². The van der Waals surface area contributed by atoms with Gasteiger partial charge in [0.15, 0.2) is 0 Å². The van der Waals surface area contributed by atoms with Gasteiger partial charge in [0.1, 0.15) is 6.54 Å². The Bertz CT molecular complexity index is 1090. The van der Waals surface area contributed by atoms with Crippen LogP contribution in [-0.4, -0.2) is 37.2 Å². The minimum atomic E-state index is -0.141. The zero-order chi connectivity index (χ0) is 19.3. The number of halogens is 1. The molecule has 0 atom stereocenters. The summed E-state index contributed by atoms with van der Waals surface area (Å²) in [6, 6.07) is 17.5. The second kappa shape index (κ2) is 8.22. The summed E-state index contributed by atoms with van der Waals surface area (Å²) in [6.07, 6.45) is 2.91. The number of nitrogens with one attached hydrogen (secondary N) is 1. The largest absolute Gasteiger partial charge is 0.354 e. The fourth-order valence-corrected chi connectivity index (χ4v) is 3.15. The molecule has 142 valence electrons. The number of hydrogen-bond donors (Lipinski definition) is 1. The molecule has 1 N–H and O–H groups in total. The highest BCUT2D eigenvalue weighted by Gasteiger charge is 2.09. The fourth-order valence-electron chi connectivity index (χ4n) is 3.02. The van der Waals surface area contributed by atoms with E-state index in [1.54, 1.807) is 12.1 Å². The van der Waals surface area contributed by atoms with E-state index in [2.05, 4.69) is 49.7 Å². The van der Waals surface area contributed by atoms with Crippen LogP contribution in [0.3, 0.4) is 0 Å². The van der Waals surface area contributed by atoms with Gasteiger partial charge in [-0.2, -0.15) is 4.80 Å².